The molecule has 0 heterocycles. The second kappa shape index (κ2) is 4.97. The Morgan fingerprint density at radius 3 is 2.54 bits per heavy atom. The minimum atomic E-state index is -0.924. The molecule has 1 aromatic rings. The van der Waals surface area contributed by atoms with E-state index in [9.17, 15) is 5.11 Å². The van der Waals surface area contributed by atoms with Crippen molar-refractivity contribution >= 4 is 0 Å². The number of aliphatic hydroxyl groups excluding tert-OH is 1. The van der Waals surface area contributed by atoms with Crippen LogP contribution in [0.25, 0.3) is 0 Å². The van der Waals surface area contributed by atoms with Gasteiger partial charge in [0.25, 0.3) is 0 Å². The Hall–Kier alpha value is -0.900. The van der Waals surface area contributed by atoms with E-state index in [0.717, 1.165) is 5.56 Å². The van der Waals surface area contributed by atoms with Gasteiger partial charge in [0.1, 0.15) is 0 Å². The molecule has 1 rings (SSSR count). The summed E-state index contributed by atoms with van der Waals surface area (Å²) in [6.45, 7) is 2.28. The molecule has 13 heavy (non-hydrogen) atoms. The van der Waals surface area contributed by atoms with Crippen molar-refractivity contribution in [1.29, 1.82) is 0 Å². The molecule has 0 saturated carbocycles. The molecule has 1 aromatic carbocycles. The minimum absolute atomic E-state index is 0.460. The fourth-order valence-electron chi connectivity index (χ4n) is 1.11. The van der Waals surface area contributed by atoms with E-state index in [1.807, 2.05) is 37.3 Å². The maximum Gasteiger partial charge on any atom is 0.173 e. The maximum absolute atomic E-state index is 9.42. The highest BCUT2D eigenvalue weighted by molar-refractivity contribution is 5.18. The van der Waals surface area contributed by atoms with Gasteiger partial charge in [0.05, 0.1) is 6.04 Å². The number of nitrogens with two attached hydrogens (primary N) is 1. The van der Waals surface area contributed by atoms with Crippen molar-refractivity contribution in [2.45, 2.75) is 19.3 Å². The summed E-state index contributed by atoms with van der Waals surface area (Å²) >= 11 is 0. The monoisotopic (exact) mass is 181 g/mol. The predicted octanol–water partition coefficient (Wildman–Crippen LogP) is 1.04. The van der Waals surface area contributed by atoms with E-state index in [2.05, 4.69) is 0 Å². The van der Waals surface area contributed by atoms with E-state index >= 15 is 0 Å². The molecular weight excluding hydrogens is 166 g/mol. The summed E-state index contributed by atoms with van der Waals surface area (Å²) in [6.07, 6.45) is -0.924. The number of rotatable bonds is 4. The number of aliphatic hydroxyl groups is 1. The standard InChI is InChI=1S/C10H15NO2/c1-2-13-10(12)9(11)8-6-4-3-5-7-8/h3-7,9-10,12H,2,11H2,1H3. The molecule has 0 radical (unpaired) electrons. The molecule has 3 heteroatoms. The molecule has 0 aromatic heterocycles. The van der Waals surface area contributed by atoms with E-state index in [4.69, 9.17) is 10.5 Å². The predicted molar refractivity (Wildman–Crippen MR) is 51.0 cm³/mol. The summed E-state index contributed by atoms with van der Waals surface area (Å²) in [6, 6.07) is 8.94. The van der Waals surface area contributed by atoms with E-state index < -0.39 is 12.3 Å². The normalized spacial score (nSPS) is 15.3. The second-order valence-corrected chi connectivity index (χ2v) is 2.78. The third kappa shape index (κ3) is 2.81. The fourth-order valence-corrected chi connectivity index (χ4v) is 1.11. The summed E-state index contributed by atoms with van der Waals surface area (Å²) in [4.78, 5) is 0. The molecule has 2 unspecified atom stereocenters. The zero-order valence-electron chi connectivity index (χ0n) is 7.68. The first-order chi connectivity index (χ1) is 6.25. The third-order valence-electron chi connectivity index (χ3n) is 1.83. The molecule has 0 spiro atoms. The third-order valence-corrected chi connectivity index (χ3v) is 1.83. The van der Waals surface area contributed by atoms with Crippen molar-refractivity contribution in [2.75, 3.05) is 6.61 Å². The summed E-state index contributed by atoms with van der Waals surface area (Å²) in [7, 11) is 0. The quantitative estimate of drug-likeness (QED) is 0.682. The molecule has 3 N–H and O–H groups in total. The number of hydrogen-bond donors (Lipinski definition) is 2. The van der Waals surface area contributed by atoms with Crippen LogP contribution in [0, 0.1) is 0 Å². The molecular formula is C10H15NO2. The Morgan fingerprint density at radius 2 is 2.00 bits per heavy atom. The molecule has 0 aliphatic heterocycles. The fraction of sp³-hybridized carbons (Fsp3) is 0.400. The maximum atomic E-state index is 9.42. The first-order valence-corrected chi connectivity index (χ1v) is 4.36. The molecule has 0 amide bonds. The van der Waals surface area contributed by atoms with Gasteiger partial charge in [0.2, 0.25) is 0 Å². The molecule has 3 nitrogen and oxygen atoms in total. The Kier molecular flexibility index (Phi) is 3.89. The van der Waals surface area contributed by atoms with Gasteiger partial charge in [-0.1, -0.05) is 30.3 Å². The van der Waals surface area contributed by atoms with Gasteiger partial charge < -0.3 is 15.6 Å². The Labute approximate surface area is 78.1 Å². The Balaban J connectivity index is 2.62. The van der Waals surface area contributed by atoms with Gasteiger partial charge in [-0.05, 0) is 12.5 Å². The molecule has 2 atom stereocenters. The summed E-state index contributed by atoms with van der Waals surface area (Å²) in [5, 5.41) is 9.42. The largest absolute Gasteiger partial charge is 0.366 e. The average Bonchev–Trinajstić information content (AvgIpc) is 2.18. The van der Waals surface area contributed by atoms with Gasteiger partial charge in [0, 0.05) is 6.61 Å². The number of hydrogen-bond acceptors (Lipinski definition) is 3. The lowest BCUT2D eigenvalue weighted by molar-refractivity contribution is -0.110. The van der Waals surface area contributed by atoms with E-state index in [1.54, 1.807) is 0 Å². The van der Waals surface area contributed by atoms with Crippen molar-refractivity contribution in [3.63, 3.8) is 0 Å². The van der Waals surface area contributed by atoms with Gasteiger partial charge in [0.15, 0.2) is 6.29 Å². The number of ether oxygens (including phenoxy) is 1. The lowest BCUT2D eigenvalue weighted by Gasteiger charge is -2.18. The van der Waals surface area contributed by atoms with Gasteiger partial charge >= 0.3 is 0 Å². The van der Waals surface area contributed by atoms with Crippen LogP contribution < -0.4 is 5.73 Å². The Morgan fingerprint density at radius 1 is 1.38 bits per heavy atom. The summed E-state index contributed by atoms with van der Waals surface area (Å²) < 4.78 is 4.99. The SMILES string of the molecule is CCOC(O)C(N)c1ccccc1. The van der Waals surface area contributed by atoms with Crippen LogP contribution in [0.4, 0.5) is 0 Å². The highest BCUT2D eigenvalue weighted by Gasteiger charge is 2.15. The molecule has 0 aliphatic carbocycles. The molecule has 0 fully saturated rings. The Bertz CT molecular complexity index is 238. The minimum Gasteiger partial charge on any atom is -0.366 e. The van der Waals surface area contributed by atoms with Crippen LogP contribution >= 0.6 is 0 Å². The summed E-state index contributed by atoms with van der Waals surface area (Å²) in [5.41, 5.74) is 6.63. The van der Waals surface area contributed by atoms with Gasteiger partial charge in [-0.3, -0.25) is 0 Å². The second-order valence-electron chi connectivity index (χ2n) is 2.78. The highest BCUT2D eigenvalue weighted by atomic mass is 16.6. The topological polar surface area (TPSA) is 55.5 Å². The zero-order chi connectivity index (χ0) is 9.68. The van der Waals surface area contributed by atoms with Crippen LogP contribution in [0.15, 0.2) is 30.3 Å². The van der Waals surface area contributed by atoms with E-state index in [1.165, 1.54) is 0 Å². The zero-order valence-corrected chi connectivity index (χ0v) is 7.68. The van der Waals surface area contributed by atoms with Crippen LogP contribution in [-0.2, 0) is 4.74 Å². The van der Waals surface area contributed by atoms with Crippen LogP contribution in [0.5, 0.6) is 0 Å². The summed E-state index contributed by atoms with van der Waals surface area (Å²) in [5.74, 6) is 0. The van der Waals surface area contributed by atoms with Gasteiger partial charge in [-0.15, -0.1) is 0 Å². The van der Waals surface area contributed by atoms with Crippen molar-refractivity contribution in [1.82, 2.24) is 0 Å². The lowest BCUT2D eigenvalue weighted by atomic mass is 10.1. The first-order valence-electron chi connectivity index (χ1n) is 4.36. The molecule has 0 saturated heterocycles. The van der Waals surface area contributed by atoms with Crippen molar-refractivity contribution in [3.8, 4) is 0 Å². The average molecular weight is 181 g/mol. The number of benzene rings is 1. The van der Waals surface area contributed by atoms with Crippen molar-refractivity contribution in [3.05, 3.63) is 35.9 Å². The van der Waals surface area contributed by atoms with Gasteiger partial charge in [-0.2, -0.15) is 0 Å². The smallest absolute Gasteiger partial charge is 0.173 e. The van der Waals surface area contributed by atoms with Crippen LogP contribution in [0.2, 0.25) is 0 Å². The molecule has 0 aliphatic rings. The first kappa shape index (κ1) is 10.2. The van der Waals surface area contributed by atoms with Crippen molar-refractivity contribution in [2.24, 2.45) is 5.73 Å². The van der Waals surface area contributed by atoms with E-state index in [-0.39, 0.29) is 0 Å². The van der Waals surface area contributed by atoms with Crippen molar-refractivity contribution < 1.29 is 9.84 Å². The van der Waals surface area contributed by atoms with Gasteiger partial charge in [-0.25, -0.2) is 0 Å². The highest BCUT2D eigenvalue weighted by Crippen LogP contribution is 2.13. The van der Waals surface area contributed by atoms with Crippen LogP contribution in [0.1, 0.15) is 18.5 Å². The van der Waals surface area contributed by atoms with Crippen LogP contribution in [0.3, 0.4) is 0 Å². The van der Waals surface area contributed by atoms with Crippen LogP contribution in [-0.4, -0.2) is 18.0 Å². The lowest BCUT2D eigenvalue weighted by Crippen LogP contribution is -2.28. The molecule has 0 bridgehead atoms. The van der Waals surface area contributed by atoms with E-state index in [0.29, 0.717) is 6.61 Å². The molecule has 72 valence electrons.